The molecule has 0 saturated carbocycles. The first-order chi connectivity index (χ1) is 11.0. The van der Waals surface area contributed by atoms with E-state index in [-0.39, 0.29) is 39.1 Å². The number of ether oxygens (including phenoxy) is 3. The predicted octanol–water partition coefficient (Wildman–Crippen LogP) is 3.25. The number of hydrogen-bond acceptors (Lipinski definition) is 4. The fraction of sp³-hybridized carbons (Fsp3) is 0.278. The minimum Gasteiger partial charge on any atom is -0.496 e. The van der Waals surface area contributed by atoms with Gasteiger partial charge in [-0.25, -0.2) is 0 Å². The van der Waals surface area contributed by atoms with Crippen LogP contribution >= 0.6 is 8.58 Å². The Morgan fingerprint density at radius 3 is 1.96 bits per heavy atom. The fourth-order valence-corrected chi connectivity index (χ4v) is 3.12. The van der Waals surface area contributed by atoms with Gasteiger partial charge in [-0.1, -0.05) is 18.2 Å². The molecule has 0 aliphatic rings. The molecule has 0 fully saturated rings. The van der Waals surface area contributed by atoms with Crippen LogP contribution in [-0.4, -0.2) is 44.7 Å². The van der Waals surface area contributed by atoms with Crippen LogP contribution in [0.15, 0.2) is 42.5 Å². The SMILES string of the molecule is COc1cccc(OC)c1C(=O)Pc1ccc(OC(C)C)cc1.[Li]. The smallest absolute Gasteiger partial charge is 0.193 e. The van der Waals surface area contributed by atoms with Crippen molar-refractivity contribution < 1.29 is 19.0 Å². The molecule has 1 unspecified atom stereocenters. The molecule has 123 valence electrons. The number of hydrogen-bond donors (Lipinski definition) is 0. The van der Waals surface area contributed by atoms with E-state index < -0.39 is 0 Å². The Balaban J connectivity index is 0.00000288. The number of carbonyl (C=O) groups is 1. The zero-order valence-corrected chi connectivity index (χ0v) is 15.8. The van der Waals surface area contributed by atoms with Gasteiger partial charge in [0.1, 0.15) is 22.8 Å². The average molecular weight is 339 g/mol. The van der Waals surface area contributed by atoms with Crippen molar-refractivity contribution in [3.63, 3.8) is 0 Å². The predicted molar refractivity (Wildman–Crippen MR) is 99.8 cm³/mol. The number of carbonyl (C=O) groups excluding carboxylic acids is 1. The molecule has 2 aromatic rings. The van der Waals surface area contributed by atoms with Gasteiger partial charge >= 0.3 is 0 Å². The zero-order valence-electron chi connectivity index (χ0n) is 14.8. The largest absolute Gasteiger partial charge is 0.496 e. The third-order valence-electron chi connectivity index (χ3n) is 3.14. The van der Waals surface area contributed by atoms with Crippen LogP contribution in [0.5, 0.6) is 17.2 Å². The maximum absolute atomic E-state index is 12.7. The van der Waals surface area contributed by atoms with Crippen LogP contribution in [0.4, 0.5) is 0 Å². The van der Waals surface area contributed by atoms with Crippen LogP contribution in [0.1, 0.15) is 24.2 Å². The van der Waals surface area contributed by atoms with Gasteiger partial charge in [-0.15, -0.1) is 0 Å². The molecule has 0 N–H and O–H groups in total. The van der Waals surface area contributed by atoms with E-state index in [4.69, 9.17) is 14.2 Å². The van der Waals surface area contributed by atoms with Gasteiger partial charge in [0.2, 0.25) is 0 Å². The molecule has 0 spiro atoms. The van der Waals surface area contributed by atoms with Gasteiger partial charge in [0.05, 0.1) is 20.3 Å². The van der Waals surface area contributed by atoms with E-state index in [2.05, 4.69) is 0 Å². The second-order valence-electron chi connectivity index (χ2n) is 5.18. The molecule has 0 amide bonds. The molecule has 6 heteroatoms. The summed E-state index contributed by atoms with van der Waals surface area (Å²) < 4.78 is 16.2. The van der Waals surface area contributed by atoms with Gasteiger partial charge < -0.3 is 14.2 Å². The van der Waals surface area contributed by atoms with Gasteiger partial charge in [-0.2, -0.15) is 0 Å². The Hall–Kier alpha value is -1.46. The molecule has 0 bridgehead atoms. The molecule has 24 heavy (non-hydrogen) atoms. The van der Waals surface area contributed by atoms with Crippen molar-refractivity contribution >= 4 is 38.3 Å². The van der Waals surface area contributed by atoms with Gasteiger partial charge in [0, 0.05) is 18.9 Å². The average Bonchev–Trinajstić information content (AvgIpc) is 2.55. The molecule has 1 radical (unpaired) electrons. The van der Waals surface area contributed by atoms with Gasteiger partial charge in [-0.05, 0) is 52.0 Å². The first-order valence-electron chi connectivity index (χ1n) is 7.34. The number of benzene rings is 2. The quantitative estimate of drug-likeness (QED) is 0.574. The normalized spacial score (nSPS) is 10.5. The summed E-state index contributed by atoms with van der Waals surface area (Å²) in [6.45, 7) is 3.96. The topological polar surface area (TPSA) is 44.8 Å². The van der Waals surface area contributed by atoms with Crippen LogP contribution in [0.2, 0.25) is 0 Å². The third-order valence-corrected chi connectivity index (χ3v) is 4.24. The second-order valence-corrected chi connectivity index (χ2v) is 6.46. The van der Waals surface area contributed by atoms with Crippen molar-refractivity contribution in [2.75, 3.05) is 14.2 Å². The van der Waals surface area contributed by atoms with E-state index in [9.17, 15) is 4.79 Å². The Bertz CT molecular complexity index is 649. The summed E-state index contributed by atoms with van der Waals surface area (Å²) in [6.07, 6.45) is 0.128. The van der Waals surface area contributed by atoms with E-state index in [0.29, 0.717) is 17.1 Å². The van der Waals surface area contributed by atoms with E-state index in [1.807, 2.05) is 38.1 Å². The zero-order chi connectivity index (χ0) is 16.8. The Morgan fingerprint density at radius 2 is 1.50 bits per heavy atom. The van der Waals surface area contributed by atoms with Crippen LogP contribution in [-0.2, 0) is 0 Å². The van der Waals surface area contributed by atoms with E-state index >= 15 is 0 Å². The van der Waals surface area contributed by atoms with Gasteiger partial charge in [-0.3, -0.25) is 4.79 Å². The Kier molecular flexibility index (Phi) is 8.35. The number of rotatable bonds is 7. The summed E-state index contributed by atoms with van der Waals surface area (Å²) in [5.74, 6) is 1.86. The molecule has 0 aliphatic carbocycles. The number of methoxy groups -OCH3 is 2. The minimum absolute atomic E-state index is 0. The Labute approximate surface area is 156 Å². The second kappa shape index (κ2) is 9.74. The first kappa shape index (κ1) is 20.6. The van der Waals surface area contributed by atoms with Crippen LogP contribution in [0.25, 0.3) is 0 Å². The molecule has 0 aliphatic heterocycles. The molecular weight excluding hydrogens is 318 g/mol. The van der Waals surface area contributed by atoms with Crippen molar-refractivity contribution in [1.82, 2.24) is 0 Å². The van der Waals surface area contributed by atoms with Gasteiger partial charge in [0.15, 0.2) is 5.52 Å². The monoisotopic (exact) mass is 339 g/mol. The van der Waals surface area contributed by atoms with Gasteiger partial charge in [0.25, 0.3) is 0 Å². The van der Waals surface area contributed by atoms with Crippen molar-refractivity contribution in [3.8, 4) is 17.2 Å². The summed E-state index contributed by atoms with van der Waals surface area (Å²) in [4.78, 5) is 12.7. The fourth-order valence-electron chi connectivity index (χ4n) is 2.16. The molecule has 2 rings (SSSR count). The van der Waals surface area contributed by atoms with Crippen molar-refractivity contribution in [2.45, 2.75) is 20.0 Å². The minimum atomic E-state index is -0.0168. The molecule has 0 heterocycles. The third kappa shape index (κ3) is 5.28. The summed E-state index contributed by atoms with van der Waals surface area (Å²) in [5, 5.41) is 0.944. The molecule has 1 atom stereocenters. The van der Waals surface area contributed by atoms with E-state index in [1.54, 1.807) is 32.4 Å². The maximum atomic E-state index is 12.7. The molecule has 4 nitrogen and oxygen atoms in total. The van der Waals surface area contributed by atoms with E-state index in [0.717, 1.165) is 11.1 Å². The summed E-state index contributed by atoms with van der Waals surface area (Å²) in [5.41, 5.74) is 0.468. The van der Waals surface area contributed by atoms with Crippen molar-refractivity contribution in [1.29, 1.82) is 0 Å². The molecule has 2 aromatic carbocycles. The van der Waals surface area contributed by atoms with Crippen LogP contribution in [0.3, 0.4) is 0 Å². The molecule has 0 aromatic heterocycles. The van der Waals surface area contributed by atoms with Crippen molar-refractivity contribution in [3.05, 3.63) is 48.0 Å². The summed E-state index contributed by atoms with van der Waals surface area (Å²) in [6, 6.07) is 12.9. The standard InChI is InChI=1S/C18H21O4P.Li/c1-12(2)22-13-8-10-14(11-9-13)23-18(19)17-15(20-3)6-5-7-16(17)21-4;/h5-12,23H,1-4H3;. The van der Waals surface area contributed by atoms with Crippen molar-refractivity contribution in [2.24, 2.45) is 0 Å². The van der Waals surface area contributed by atoms with Crippen LogP contribution < -0.4 is 19.5 Å². The maximum Gasteiger partial charge on any atom is 0.193 e. The van der Waals surface area contributed by atoms with Crippen LogP contribution in [0, 0.1) is 0 Å². The summed E-state index contributed by atoms with van der Waals surface area (Å²) >= 11 is 0. The first-order valence-corrected chi connectivity index (χ1v) is 8.34. The molecule has 0 saturated heterocycles. The molecular formula is C18H21LiO4P. The van der Waals surface area contributed by atoms with E-state index in [1.165, 1.54) is 0 Å². The summed E-state index contributed by atoms with van der Waals surface area (Å²) in [7, 11) is 3.09. The Morgan fingerprint density at radius 1 is 0.958 bits per heavy atom.